The van der Waals surface area contributed by atoms with Crippen molar-refractivity contribution in [2.75, 3.05) is 17.7 Å². The lowest BCUT2D eigenvalue weighted by atomic mass is 9.94. The molecule has 1 aliphatic rings. The molecule has 17 nitrogen and oxygen atoms in total. The molecule has 0 bridgehead atoms. The monoisotopic (exact) mass is 978 g/mol. The van der Waals surface area contributed by atoms with Crippen molar-refractivity contribution in [3.63, 3.8) is 0 Å². The minimum atomic E-state index is -1.24. The fraction of sp³-hybridized carbons (Fsp3) is 0.442. The molecule has 7 atom stereocenters. The number of aliphatic hydroxyl groups excluding tert-OH is 2. The lowest BCUT2D eigenvalue weighted by Gasteiger charge is -2.30. The highest BCUT2D eigenvalue weighted by molar-refractivity contribution is 8.00. The van der Waals surface area contributed by atoms with Gasteiger partial charge < -0.3 is 46.5 Å². The number of fused-ring (bicyclic) bond motifs is 1. The first-order valence-electron chi connectivity index (χ1n) is 24.0. The molecule has 0 saturated carbocycles. The molecule has 5 aromatic rings. The largest absolute Gasteiger partial charge is 0.393 e. The number of hydrogen-bond donors (Lipinski definition) is 8. The molecule has 1 aliphatic heterocycles. The number of nitrogens with zero attached hydrogens (tertiary/aromatic N) is 2. The van der Waals surface area contributed by atoms with Crippen molar-refractivity contribution in [3.8, 4) is 0 Å². The number of aromatic nitrogens is 3. The van der Waals surface area contributed by atoms with E-state index in [1.54, 1.807) is 20.0 Å². The third kappa shape index (κ3) is 15.6. The fourth-order valence-corrected chi connectivity index (χ4v) is 9.34. The normalized spacial score (nSPS) is 16.8. The summed E-state index contributed by atoms with van der Waals surface area (Å²) >= 11 is 1.39. The molecule has 1 saturated heterocycles. The molecular weight excluding hydrogens is 913 g/mol. The van der Waals surface area contributed by atoms with Crippen LogP contribution in [0.3, 0.4) is 0 Å². The quantitative estimate of drug-likeness (QED) is 0.0360. The summed E-state index contributed by atoms with van der Waals surface area (Å²) in [5, 5.41) is 36.2. The Hall–Kier alpha value is -6.34. The summed E-state index contributed by atoms with van der Waals surface area (Å²) in [6.07, 6.45) is 2.87. The number of para-hydroxylation sites is 1. The third-order valence-corrected chi connectivity index (χ3v) is 13.2. The zero-order chi connectivity index (χ0) is 50.2. The van der Waals surface area contributed by atoms with Crippen LogP contribution in [0.15, 0.2) is 108 Å². The topological polar surface area (TPSA) is 246 Å². The van der Waals surface area contributed by atoms with E-state index in [1.807, 2.05) is 98.8 Å². The van der Waals surface area contributed by atoms with Gasteiger partial charge in [0.05, 0.1) is 31.2 Å². The number of aromatic amines is 1. The second kappa shape index (κ2) is 26.0. The summed E-state index contributed by atoms with van der Waals surface area (Å²) in [7, 11) is 0. The van der Waals surface area contributed by atoms with Gasteiger partial charge in [0.15, 0.2) is 0 Å². The molecule has 8 N–H and O–H groups in total. The highest BCUT2D eigenvalue weighted by atomic mass is 32.2. The van der Waals surface area contributed by atoms with Crippen LogP contribution in [-0.2, 0) is 41.6 Å². The van der Waals surface area contributed by atoms with Crippen molar-refractivity contribution in [1.82, 2.24) is 35.8 Å². The second-order valence-electron chi connectivity index (χ2n) is 18.4. The molecule has 3 heterocycles. The number of carbonyl (C=O) groups is 5. The van der Waals surface area contributed by atoms with Crippen LogP contribution in [0.4, 0.5) is 5.82 Å². The Morgan fingerprint density at radius 1 is 0.814 bits per heavy atom. The Kier molecular flexibility index (Phi) is 19.7. The minimum Gasteiger partial charge on any atom is -0.393 e. The average Bonchev–Trinajstić information content (AvgIpc) is 3.99. The summed E-state index contributed by atoms with van der Waals surface area (Å²) < 4.78 is 6.93. The number of rotatable bonds is 25. The van der Waals surface area contributed by atoms with E-state index in [9.17, 15) is 39.0 Å². The Balaban J connectivity index is 1.06. The molecule has 1 unspecified atom stereocenters. The van der Waals surface area contributed by atoms with Gasteiger partial charge in [0, 0.05) is 48.3 Å². The van der Waals surface area contributed by atoms with Gasteiger partial charge in [-0.3, -0.25) is 28.5 Å². The maximum atomic E-state index is 14.3. The summed E-state index contributed by atoms with van der Waals surface area (Å²) in [4.78, 5) is 88.1. The Morgan fingerprint density at radius 2 is 1.50 bits per heavy atom. The first-order chi connectivity index (χ1) is 33.7. The summed E-state index contributed by atoms with van der Waals surface area (Å²) in [5.74, 6) is -2.14. The standard InChI is InChI=1S/C52H66N8O9S/c1-32(2)25-40(42(62)28-46(65)54-39(35-17-9-6-10-18-35)26-34-15-7-5-8-16-34)56-51(67)49(33(3)4)59-50(66)41(27-36-29-53-38-20-12-11-19-37(36)38)55-44(63)21-13-14-22-45(64)57-43-23-24-60(52(68)58-43)47-31-70-48(30-61)69-47/h5-12,15-20,23-24,29,32-33,39-42,47-49,53,61-62H,13-14,21-22,25-28,30-31H2,1-4H3,(H,54,65)(H,55,63)(H,56,67)(H,59,66)(H,57,58,64,68)/t39?,40-,41-,42-,47+,48-,49-/m0/s1. The first kappa shape index (κ1) is 53.0. The number of aliphatic hydroxyl groups is 2. The van der Waals surface area contributed by atoms with E-state index in [0.717, 1.165) is 27.6 Å². The van der Waals surface area contributed by atoms with Crippen LogP contribution in [0.1, 0.15) is 95.2 Å². The van der Waals surface area contributed by atoms with Crippen molar-refractivity contribution < 1.29 is 38.9 Å². The average molecular weight is 979 g/mol. The molecule has 0 radical (unpaired) electrons. The molecule has 3 aromatic carbocycles. The van der Waals surface area contributed by atoms with Gasteiger partial charge in [-0.2, -0.15) is 4.98 Å². The van der Waals surface area contributed by atoms with Crippen LogP contribution >= 0.6 is 11.8 Å². The van der Waals surface area contributed by atoms with E-state index >= 15 is 0 Å². The van der Waals surface area contributed by atoms with Crippen LogP contribution in [0.25, 0.3) is 10.9 Å². The highest BCUT2D eigenvalue weighted by Gasteiger charge is 2.33. The molecule has 0 spiro atoms. The number of hydrogen-bond acceptors (Lipinski definition) is 11. The van der Waals surface area contributed by atoms with Gasteiger partial charge in [0.25, 0.3) is 0 Å². The zero-order valence-corrected chi connectivity index (χ0v) is 41.0. The summed E-state index contributed by atoms with van der Waals surface area (Å²) in [6.45, 7) is 7.30. The lowest BCUT2D eigenvalue weighted by molar-refractivity contribution is -0.133. The van der Waals surface area contributed by atoms with Crippen LogP contribution < -0.4 is 32.3 Å². The molecule has 18 heteroatoms. The fourth-order valence-electron chi connectivity index (χ4n) is 8.41. The van der Waals surface area contributed by atoms with Crippen molar-refractivity contribution in [2.24, 2.45) is 11.8 Å². The number of H-pyrrole nitrogens is 1. The predicted octanol–water partition coefficient (Wildman–Crippen LogP) is 5.05. The Labute approximate surface area is 412 Å². The molecule has 1 fully saturated rings. The van der Waals surface area contributed by atoms with Crippen LogP contribution in [0.5, 0.6) is 0 Å². The number of ether oxygens (including phenoxy) is 1. The highest BCUT2D eigenvalue weighted by Crippen LogP contribution is 2.30. The Morgan fingerprint density at radius 3 is 2.17 bits per heavy atom. The minimum absolute atomic E-state index is 0.00225. The van der Waals surface area contributed by atoms with Crippen molar-refractivity contribution in [2.45, 2.75) is 121 Å². The first-order valence-corrected chi connectivity index (χ1v) is 25.0. The van der Waals surface area contributed by atoms with Gasteiger partial charge in [-0.05, 0) is 66.3 Å². The SMILES string of the molecule is CC(C)C[C@H](NC(=O)[C@@H](NC(=O)[C@H](Cc1c[nH]c2ccccc12)NC(=O)CCCCC(=O)Nc1ccn([C@H]2CS[C@@H](CO)O2)c(=O)n1)C(C)C)[C@@H](O)CC(=O)NC(Cc1ccccc1)c1ccccc1. The molecule has 6 rings (SSSR count). The van der Waals surface area contributed by atoms with Gasteiger partial charge in [-0.25, -0.2) is 4.79 Å². The van der Waals surface area contributed by atoms with E-state index in [2.05, 4.69) is 36.6 Å². The predicted molar refractivity (Wildman–Crippen MR) is 269 cm³/mol. The number of amides is 5. The summed E-state index contributed by atoms with van der Waals surface area (Å²) in [5.41, 5.74) is 2.56. The molecule has 5 amide bonds. The number of benzene rings is 3. The van der Waals surface area contributed by atoms with Crippen LogP contribution in [0, 0.1) is 11.8 Å². The number of thioether (sulfide) groups is 1. The van der Waals surface area contributed by atoms with Crippen LogP contribution in [0.2, 0.25) is 0 Å². The Bertz CT molecular complexity index is 2570. The van der Waals surface area contributed by atoms with Crippen molar-refractivity contribution in [1.29, 1.82) is 0 Å². The number of nitrogens with one attached hydrogen (secondary N) is 6. The summed E-state index contributed by atoms with van der Waals surface area (Å²) in [6, 6.07) is 25.2. The number of unbranched alkanes of at least 4 members (excludes halogenated alkanes) is 1. The second-order valence-corrected chi connectivity index (χ2v) is 19.6. The molecule has 374 valence electrons. The lowest BCUT2D eigenvalue weighted by Crippen LogP contribution is -2.58. The maximum Gasteiger partial charge on any atom is 0.351 e. The van der Waals surface area contributed by atoms with Gasteiger partial charge >= 0.3 is 5.69 Å². The van der Waals surface area contributed by atoms with Gasteiger partial charge in [-0.15, -0.1) is 11.8 Å². The van der Waals surface area contributed by atoms with E-state index in [-0.39, 0.29) is 56.0 Å². The molecule has 70 heavy (non-hydrogen) atoms. The molecule has 0 aliphatic carbocycles. The van der Waals surface area contributed by atoms with Gasteiger partial charge in [0.1, 0.15) is 29.6 Å². The van der Waals surface area contributed by atoms with Crippen LogP contribution in [-0.4, -0.2) is 96.3 Å². The smallest absolute Gasteiger partial charge is 0.351 e. The third-order valence-electron chi connectivity index (χ3n) is 12.1. The van der Waals surface area contributed by atoms with E-state index in [4.69, 9.17) is 4.74 Å². The van der Waals surface area contributed by atoms with E-state index < -0.39 is 71.1 Å². The number of carbonyl (C=O) groups excluding carboxylic acids is 5. The van der Waals surface area contributed by atoms with Crippen molar-refractivity contribution >= 4 is 58.0 Å². The van der Waals surface area contributed by atoms with Gasteiger partial charge in [0.2, 0.25) is 29.5 Å². The van der Waals surface area contributed by atoms with Gasteiger partial charge in [-0.1, -0.05) is 107 Å². The van der Waals surface area contributed by atoms with E-state index in [1.165, 1.54) is 28.6 Å². The molecular formula is C52H66N8O9S. The molecule has 2 aromatic heterocycles. The maximum absolute atomic E-state index is 14.3. The number of anilines is 1. The van der Waals surface area contributed by atoms with Crippen molar-refractivity contribution in [3.05, 3.63) is 131 Å². The van der Waals surface area contributed by atoms with E-state index in [0.29, 0.717) is 31.4 Å². The zero-order valence-electron chi connectivity index (χ0n) is 40.1.